The Labute approximate surface area is 164 Å². The Kier molecular flexibility index (Phi) is 5.78. The molecule has 0 saturated carbocycles. The van der Waals surface area contributed by atoms with E-state index >= 15 is 0 Å². The highest BCUT2D eigenvalue weighted by Gasteiger charge is 2.26. The maximum Gasteiger partial charge on any atom is 0.325 e. The molecule has 156 valence electrons. The van der Waals surface area contributed by atoms with Gasteiger partial charge in [0.2, 0.25) is 0 Å². The molecule has 3 rings (SSSR count). The molecule has 1 aromatic heterocycles. The number of hydrogen-bond acceptors (Lipinski definition) is 4. The minimum atomic E-state index is -1.63. The number of carbonyl (C=O) groups is 2. The van der Waals surface area contributed by atoms with Crippen LogP contribution in [0.25, 0.3) is 0 Å². The van der Waals surface area contributed by atoms with E-state index < -0.39 is 29.5 Å². The quantitative estimate of drug-likeness (QED) is 0.757. The number of carbonyl (C=O) groups excluding carboxylic acids is 2. The van der Waals surface area contributed by atoms with E-state index in [1.807, 2.05) is 0 Å². The Hall–Kier alpha value is -3.08. The van der Waals surface area contributed by atoms with Crippen LogP contribution < -0.4 is 10.2 Å². The third-order valence-corrected chi connectivity index (χ3v) is 4.71. The van der Waals surface area contributed by atoms with Gasteiger partial charge in [-0.15, -0.1) is 0 Å². The molecule has 1 aromatic carbocycles. The summed E-state index contributed by atoms with van der Waals surface area (Å²) in [6.45, 7) is 0.818. The lowest BCUT2D eigenvalue weighted by Crippen LogP contribution is -2.46. The minimum absolute atomic E-state index is 0.0267. The molecule has 1 aliphatic rings. The number of hydrogen-bond donors (Lipinski definition) is 2. The Balaban J connectivity index is 1.74. The van der Waals surface area contributed by atoms with Gasteiger partial charge in [-0.25, -0.2) is 18.0 Å². The van der Waals surface area contributed by atoms with Crippen LogP contribution in [0.15, 0.2) is 18.2 Å². The first-order chi connectivity index (χ1) is 13.7. The number of urea groups is 1. The maximum atomic E-state index is 13.3. The molecule has 0 spiro atoms. The molecule has 8 nitrogen and oxygen atoms in total. The van der Waals surface area contributed by atoms with Crippen LogP contribution in [0.1, 0.15) is 23.3 Å². The van der Waals surface area contributed by atoms with Gasteiger partial charge in [0.1, 0.15) is 5.69 Å². The number of likely N-dealkylation sites (tertiary alicyclic amines) is 1. The number of amides is 3. The van der Waals surface area contributed by atoms with Crippen LogP contribution >= 0.6 is 0 Å². The van der Waals surface area contributed by atoms with Crippen LogP contribution in [0.2, 0.25) is 0 Å². The summed E-state index contributed by atoms with van der Waals surface area (Å²) >= 11 is 0. The zero-order valence-corrected chi connectivity index (χ0v) is 15.8. The summed E-state index contributed by atoms with van der Waals surface area (Å²) < 4.78 is 40.9. The first-order valence-electron chi connectivity index (χ1n) is 8.88. The number of rotatable bonds is 3. The highest BCUT2D eigenvalue weighted by Crippen LogP contribution is 2.20. The average Bonchev–Trinajstić information content (AvgIpc) is 3.07. The Morgan fingerprint density at radius 2 is 1.76 bits per heavy atom. The summed E-state index contributed by atoms with van der Waals surface area (Å²) in [4.78, 5) is 27.9. The monoisotopic (exact) mass is 411 g/mol. The van der Waals surface area contributed by atoms with E-state index in [-0.39, 0.29) is 23.2 Å². The zero-order valence-electron chi connectivity index (χ0n) is 15.8. The molecule has 2 heterocycles. The van der Waals surface area contributed by atoms with Crippen molar-refractivity contribution in [2.24, 2.45) is 7.05 Å². The number of nitrogens with zero attached hydrogens (tertiary/aromatic N) is 4. The van der Waals surface area contributed by atoms with Gasteiger partial charge in [0, 0.05) is 51.1 Å². The fourth-order valence-corrected chi connectivity index (χ4v) is 3.02. The summed E-state index contributed by atoms with van der Waals surface area (Å²) in [6.07, 6.45) is 0.552. The maximum absolute atomic E-state index is 13.3. The number of anilines is 2. The summed E-state index contributed by atoms with van der Waals surface area (Å²) in [5.74, 6) is -5.02. The Morgan fingerprint density at radius 1 is 1.17 bits per heavy atom. The highest BCUT2D eigenvalue weighted by atomic mass is 19.2. The third-order valence-electron chi connectivity index (χ3n) is 4.71. The van der Waals surface area contributed by atoms with Crippen LogP contribution in [0.5, 0.6) is 0 Å². The lowest BCUT2D eigenvalue weighted by Gasteiger charge is -2.32. The van der Waals surface area contributed by atoms with Crippen LogP contribution in [0, 0.1) is 17.5 Å². The molecule has 2 aromatic rings. The first kappa shape index (κ1) is 20.6. The predicted octanol–water partition coefficient (Wildman–Crippen LogP) is 2.10. The van der Waals surface area contributed by atoms with Crippen molar-refractivity contribution in [2.45, 2.75) is 18.9 Å². The normalized spacial score (nSPS) is 14.8. The first-order valence-corrected chi connectivity index (χ1v) is 8.88. The summed E-state index contributed by atoms with van der Waals surface area (Å²) in [5.41, 5.74) is -0.232. The van der Waals surface area contributed by atoms with E-state index in [1.54, 1.807) is 4.90 Å². The molecule has 11 heteroatoms. The van der Waals surface area contributed by atoms with Gasteiger partial charge in [-0.05, 0) is 12.8 Å². The topological polar surface area (TPSA) is 90.7 Å². The van der Waals surface area contributed by atoms with Gasteiger partial charge in [-0.3, -0.25) is 14.4 Å². The third kappa shape index (κ3) is 4.34. The second-order valence-corrected chi connectivity index (χ2v) is 6.78. The Bertz CT molecular complexity index is 918. The summed E-state index contributed by atoms with van der Waals surface area (Å²) in [7, 11) is 2.97. The second kappa shape index (κ2) is 8.11. The van der Waals surface area contributed by atoms with Gasteiger partial charge in [0.05, 0.1) is 6.10 Å². The summed E-state index contributed by atoms with van der Waals surface area (Å²) in [5, 5.41) is 16.0. The lowest BCUT2D eigenvalue weighted by molar-refractivity contribution is 0.0956. The molecule has 0 atom stereocenters. The molecular formula is C18H20F3N5O3. The van der Waals surface area contributed by atoms with E-state index in [0.29, 0.717) is 38.1 Å². The molecule has 2 N–H and O–H groups in total. The molecule has 0 bridgehead atoms. The number of nitrogens with one attached hydrogen (secondary N) is 1. The molecule has 29 heavy (non-hydrogen) atoms. The number of piperidine rings is 1. The molecule has 0 radical (unpaired) electrons. The molecule has 0 aliphatic carbocycles. The minimum Gasteiger partial charge on any atom is -0.393 e. The molecule has 0 unspecified atom stereocenters. The van der Waals surface area contributed by atoms with Gasteiger partial charge in [0.15, 0.2) is 23.3 Å². The standard InChI is InChI=1S/C18H20F3N5O3/c1-24(18(29)26-5-3-11(27)4-6-26)15-9-14(25(2)23-15)17(28)22-10-7-12(19)16(21)13(20)8-10/h7-9,11,27H,3-6H2,1-2H3,(H,22,28). The van der Waals surface area contributed by atoms with Crippen molar-refractivity contribution < 1.29 is 27.9 Å². The van der Waals surface area contributed by atoms with Crippen molar-refractivity contribution in [1.82, 2.24) is 14.7 Å². The number of aryl methyl sites for hydroxylation is 1. The summed E-state index contributed by atoms with van der Waals surface area (Å²) in [6, 6.07) is 2.34. The van der Waals surface area contributed by atoms with Crippen molar-refractivity contribution in [2.75, 3.05) is 30.4 Å². The second-order valence-electron chi connectivity index (χ2n) is 6.78. The largest absolute Gasteiger partial charge is 0.393 e. The molecule has 3 amide bonds. The van der Waals surface area contributed by atoms with Crippen LogP contribution in [-0.2, 0) is 7.05 Å². The van der Waals surface area contributed by atoms with Gasteiger partial charge in [-0.1, -0.05) is 0 Å². The lowest BCUT2D eigenvalue weighted by atomic mass is 10.1. The van der Waals surface area contributed by atoms with Crippen molar-refractivity contribution in [3.8, 4) is 0 Å². The fraction of sp³-hybridized carbons (Fsp3) is 0.389. The van der Waals surface area contributed by atoms with Crippen molar-refractivity contribution in [3.63, 3.8) is 0 Å². The molecule has 1 aliphatic heterocycles. The van der Waals surface area contributed by atoms with Gasteiger partial charge in [-0.2, -0.15) is 5.10 Å². The fourth-order valence-electron chi connectivity index (χ4n) is 3.02. The van der Waals surface area contributed by atoms with Crippen molar-refractivity contribution >= 4 is 23.4 Å². The van der Waals surface area contributed by atoms with Gasteiger partial charge < -0.3 is 15.3 Å². The number of aromatic nitrogens is 2. The number of halogens is 3. The van der Waals surface area contributed by atoms with Gasteiger partial charge >= 0.3 is 6.03 Å². The van der Waals surface area contributed by atoms with Crippen LogP contribution in [0.4, 0.5) is 29.5 Å². The number of aliphatic hydroxyl groups excluding tert-OH is 1. The average molecular weight is 411 g/mol. The van der Waals surface area contributed by atoms with Gasteiger partial charge in [0.25, 0.3) is 5.91 Å². The number of benzene rings is 1. The van der Waals surface area contributed by atoms with E-state index in [1.165, 1.54) is 29.7 Å². The van der Waals surface area contributed by atoms with E-state index in [2.05, 4.69) is 10.4 Å². The zero-order chi connectivity index (χ0) is 21.3. The van der Waals surface area contributed by atoms with Crippen LogP contribution in [-0.4, -0.2) is 58.0 Å². The van der Waals surface area contributed by atoms with E-state index in [0.717, 1.165) is 0 Å². The molecule has 1 saturated heterocycles. The van der Waals surface area contributed by atoms with Crippen molar-refractivity contribution in [3.05, 3.63) is 41.3 Å². The van der Waals surface area contributed by atoms with Crippen molar-refractivity contribution in [1.29, 1.82) is 0 Å². The smallest absolute Gasteiger partial charge is 0.325 e. The van der Waals surface area contributed by atoms with E-state index in [9.17, 15) is 27.9 Å². The number of aliphatic hydroxyl groups is 1. The highest BCUT2D eigenvalue weighted by molar-refractivity contribution is 6.04. The Morgan fingerprint density at radius 3 is 2.34 bits per heavy atom. The SMILES string of the molecule is CN(C(=O)N1CCC(O)CC1)c1cc(C(=O)Nc2cc(F)c(F)c(F)c2)n(C)n1. The molecular weight excluding hydrogens is 391 g/mol. The predicted molar refractivity (Wildman–Crippen MR) is 98.1 cm³/mol. The van der Waals surface area contributed by atoms with Crippen LogP contribution in [0.3, 0.4) is 0 Å². The molecule has 1 fully saturated rings. The van der Waals surface area contributed by atoms with E-state index in [4.69, 9.17) is 0 Å².